The van der Waals surface area contributed by atoms with Gasteiger partial charge in [0.25, 0.3) is 0 Å². The molecule has 0 saturated carbocycles. The quantitative estimate of drug-likeness (QED) is 0.769. The second-order valence-electron chi connectivity index (χ2n) is 5.78. The Labute approximate surface area is 140 Å². The third kappa shape index (κ3) is 3.17. The van der Waals surface area contributed by atoms with E-state index in [0.29, 0.717) is 12.0 Å². The van der Waals surface area contributed by atoms with E-state index in [-0.39, 0.29) is 17.0 Å². The molecule has 128 valence electrons. The number of carbonyl (C=O) groups is 1. The maximum absolute atomic E-state index is 12.4. The number of aryl methyl sites for hydroxylation is 2. The summed E-state index contributed by atoms with van der Waals surface area (Å²) in [6.07, 6.45) is 2.42. The van der Waals surface area contributed by atoms with Gasteiger partial charge in [0.2, 0.25) is 15.9 Å². The summed E-state index contributed by atoms with van der Waals surface area (Å²) in [5.74, 6) is 1.09. The van der Waals surface area contributed by atoms with Crippen molar-refractivity contribution in [3.05, 3.63) is 41.0 Å². The van der Waals surface area contributed by atoms with Crippen molar-refractivity contribution in [2.45, 2.75) is 37.6 Å². The van der Waals surface area contributed by atoms with Gasteiger partial charge in [0.15, 0.2) is 0 Å². The standard InChI is InChI=1S/C15H19N5O3S/c1-10-4-5-11(9-12(10)15(16)21)24(22,23)17-7-6-14-19-18-13-3-2-8-20(13)14/h4-5,9,17H,2-3,6-8H2,1H3,(H2,16,21). The van der Waals surface area contributed by atoms with Crippen molar-refractivity contribution in [3.8, 4) is 0 Å². The van der Waals surface area contributed by atoms with Crippen molar-refractivity contribution in [1.29, 1.82) is 0 Å². The van der Waals surface area contributed by atoms with Crippen LogP contribution in [0.5, 0.6) is 0 Å². The number of aromatic nitrogens is 3. The summed E-state index contributed by atoms with van der Waals surface area (Å²) < 4.78 is 29.3. The Morgan fingerprint density at radius 1 is 1.38 bits per heavy atom. The van der Waals surface area contributed by atoms with E-state index in [1.165, 1.54) is 12.1 Å². The third-order valence-electron chi connectivity index (χ3n) is 4.11. The molecular weight excluding hydrogens is 330 g/mol. The predicted molar refractivity (Wildman–Crippen MR) is 86.9 cm³/mol. The molecule has 1 aliphatic rings. The molecule has 0 radical (unpaired) electrons. The van der Waals surface area contributed by atoms with Crippen LogP contribution in [-0.4, -0.2) is 35.6 Å². The van der Waals surface area contributed by atoms with Crippen molar-refractivity contribution in [2.24, 2.45) is 5.73 Å². The molecule has 24 heavy (non-hydrogen) atoms. The minimum atomic E-state index is -3.72. The molecular formula is C15H19N5O3S. The van der Waals surface area contributed by atoms with E-state index in [9.17, 15) is 13.2 Å². The van der Waals surface area contributed by atoms with Crippen LogP contribution < -0.4 is 10.5 Å². The molecule has 0 bridgehead atoms. The number of amides is 1. The Hall–Kier alpha value is -2.26. The minimum absolute atomic E-state index is 0.0216. The number of nitrogens with zero attached hydrogens (tertiary/aromatic N) is 3. The van der Waals surface area contributed by atoms with E-state index < -0.39 is 15.9 Å². The fourth-order valence-corrected chi connectivity index (χ4v) is 3.87. The van der Waals surface area contributed by atoms with Crippen LogP contribution in [0.3, 0.4) is 0 Å². The zero-order chi connectivity index (χ0) is 17.3. The zero-order valence-electron chi connectivity index (χ0n) is 13.3. The smallest absolute Gasteiger partial charge is 0.249 e. The van der Waals surface area contributed by atoms with Crippen LogP contribution in [0.15, 0.2) is 23.1 Å². The highest BCUT2D eigenvalue weighted by Gasteiger charge is 2.19. The summed E-state index contributed by atoms with van der Waals surface area (Å²) in [6.45, 7) is 2.79. The molecule has 0 aliphatic carbocycles. The third-order valence-corrected chi connectivity index (χ3v) is 5.57. The van der Waals surface area contributed by atoms with E-state index in [0.717, 1.165) is 31.0 Å². The summed E-state index contributed by atoms with van der Waals surface area (Å²) in [4.78, 5) is 11.4. The van der Waals surface area contributed by atoms with Gasteiger partial charge in [0.05, 0.1) is 4.90 Å². The van der Waals surface area contributed by atoms with Crippen molar-refractivity contribution < 1.29 is 13.2 Å². The first-order chi connectivity index (χ1) is 11.4. The maximum Gasteiger partial charge on any atom is 0.249 e. The molecule has 9 heteroatoms. The highest BCUT2D eigenvalue weighted by molar-refractivity contribution is 7.89. The molecule has 3 rings (SSSR count). The van der Waals surface area contributed by atoms with E-state index in [4.69, 9.17) is 5.73 Å². The van der Waals surface area contributed by atoms with Crippen LogP contribution in [0.1, 0.15) is 34.0 Å². The van der Waals surface area contributed by atoms with Gasteiger partial charge in [-0.05, 0) is 31.0 Å². The lowest BCUT2D eigenvalue weighted by atomic mass is 10.1. The van der Waals surface area contributed by atoms with Crippen LogP contribution in [0.25, 0.3) is 0 Å². The zero-order valence-corrected chi connectivity index (χ0v) is 14.1. The number of carbonyl (C=O) groups excluding carboxylic acids is 1. The van der Waals surface area contributed by atoms with Crippen LogP contribution in [0.4, 0.5) is 0 Å². The number of benzene rings is 1. The lowest BCUT2D eigenvalue weighted by Gasteiger charge is -2.09. The Morgan fingerprint density at radius 2 is 2.17 bits per heavy atom. The lowest BCUT2D eigenvalue weighted by Crippen LogP contribution is -2.27. The number of nitrogens with one attached hydrogen (secondary N) is 1. The summed E-state index contributed by atoms with van der Waals surface area (Å²) in [5, 5.41) is 8.19. The SMILES string of the molecule is Cc1ccc(S(=O)(=O)NCCc2nnc3n2CCC3)cc1C(N)=O. The molecule has 0 unspecified atom stereocenters. The van der Waals surface area contributed by atoms with Gasteiger partial charge in [-0.15, -0.1) is 10.2 Å². The topological polar surface area (TPSA) is 120 Å². The summed E-state index contributed by atoms with van der Waals surface area (Å²) in [6, 6.07) is 4.33. The molecule has 0 atom stereocenters. The van der Waals surface area contributed by atoms with Crippen molar-refractivity contribution in [2.75, 3.05) is 6.54 Å². The Kier molecular flexibility index (Phi) is 4.37. The molecule has 1 aromatic carbocycles. The van der Waals surface area contributed by atoms with Crippen LogP contribution in [-0.2, 0) is 29.4 Å². The number of rotatable bonds is 6. The molecule has 2 aromatic rings. The van der Waals surface area contributed by atoms with Gasteiger partial charge < -0.3 is 10.3 Å². The second kappa shape index (κ2) is 6.33. The second-order valence-corrected chi connectivity index (χ2v) is 7.54. The highest BCUT2D eigenvalue weighted by Crippen LogP contribution is 2.16. The normalized spacial score (nSPS) is 13.9. The first-order valence-corrected chi connectivity index (χ1v) is 9.18. The largest absolute Gasteiger partial charge is 0.366 e. The van der Waals surface area contributed by atoms with E-state index >= 15 is 0 Å². The average Bonchev–Trinajstić information content (AvgIpc) is 3.11. The maximum atomic E-state index is 12.4. The van der Waals surface area contributed by atoms with Crippen LogP contribution >= 0.6 is 0 Å². The molecule has 2 heterocycles. The first-order valence-electron chi connectivity index (χ1n) is 7.69. The lowest BCUT2D eigenvalue weighted by molar-refractivity contribution is 0.0999. The fourth-order valence-electron chi connectivity index (χ4n) is 2.81. The molecule has 8 nitrogen and oxygen atoms in total. The Morgan fingerprint density at radius 3 is 2.92 bits per heavy atom. The number of primary amides is 1. The monoisotopic (exact) mass is 349 g/mol. The number of hydrogen-bond donors (Lipinski definition) is 2. The Bertz CT molecular complexity index is 889. The van der Waals surface area contributed by atoms with E-state index in [1.807, 2.05) is 4.57 Å². The number of nitrogens with two attached hydrogens (primary N) is 1. The van der Waals surface area contributed by atoms with Gasteiger partial charge in [-0.2, -0.15) is 0 Å². The molecule has 0 spiro atoms. The van der Waals surface area contributed by atoms with Gasteiger partial charge in [0, 0.05) is 31.5 Å². The first kappa shape index (κ1) is 16.6. The number of fused-ring (bicyclic) bond motifs is 1. The summed E-state index contributed by atoms with van der Waals surface area (Å²) in [7, 11) is -3.72. The molecule has 3 N–H and O–H groups in total. The fraction of sp³-hybridized carbons (Fsp3) is 0.400. The molecule has 1 aromatic heterocycles. The minimum Gasteiger partial charge on any atom is -0.366 e. The molecule has 0 saturated heterocycles. The van der Waals surface area contributed by atoms with Crippen molar-refractivity contribution >= 4 is 15.9 Å². The van der Waals surface area contributed by atoms with Crippen LogP contribution in [0.2, 0.25) is 0 Å². The van der Waals surface area contributed by atoms with Gasteiger partial charge >= 0.3 is 0 Å². The van der Waals surface area contributed by atoms with E-state index in [1.54, 1.807) is 13.0 Å². The van der Waals surface area contributed by atoms with E-state index in [2.05, 4.69) is 14.9 Å². The van der Waals surface area contributed by atoms with Crippen molar-refractivity contribution in [1.82, 2.24) is 19.5 Å². The van der Waals surface area contributed by atoms with Crippen molar-refractivity contribution in [3.63, 3.8) is 0 Å². The van der Waals surface area contributed by atoms with Crippen LogP contribution in [0, 0.1) is 6.92 Å². The summed E-state index contributed by atoms with van der Waals surface area (Å²) in [5.41, 5.74) is 6.11. The number of hydrogen-bond acceptors (Lipinski definition) is 5. The molecule has 1 amide bonds. The summed E-state index contributed by atoms with van der Waals surface area (Å²) >= 11 is 0. The molecule has 1 aliphatic heterocycles. The van der Waals surface area contributed by atoms with Gasteiger partial charge in [-0.25, -0.2) is 13.1 Å². The predicted octanol–water partition coefficient (Wildman–Crippen LogP) is 0.153. The molecule has 0 fully saturated rings. The highest BCUT2D eigenvalue weighted by atomic mass is 32.2. The van der Waals surface area contributed by atoms with Gasteiger partial charge in [-0.3, -0.25) is 4.79 Å². The number of sulfonamides is 1. The Balaban J connectivity index is 1.70. The van der Waals surface area contributed by atoms with Gasteiger partial charge in [-0.1, -0.05) is 6.07 Å². The van der Waals surface area contributed by atoms with Gasteiger partial charge in [0.1, 0.15) is 11.6 Å². The average molecular weight is 349 g/mol.